The second-order valence-electron chi connectivity index (χ2n) is 11.8. The van der Waals surface area contributed by atoms with Crippen LogP contribution in [0.3, 0.4) is 0 Å². The van der Waals surface area contributed by atoms with Crippen molar-refractivity contribution in [3.05, 3.63) is 125 Å². The summed E-state index contributed by atoms with van der Waals surface area (Å²) < 4.78 is 13.1. The fourth-order valence-corrected chi connectivity index (χ4v) is 6.68. The van der Waals surface area contributed by atoms with Gasteiger partial charge in [-0.05, 0) is 64.9 Å². The Kier molecular flexibility index (Phi) is 13.0. The second kappa shape index (κ2) is 17.8. The second-order valence-corrected chi connectivity index (χ2v) is 12.9. The first-order chi connectivity index (χ1) is 23.8. The van der Waals surface area contributed by atoms with Gasteiger partial charge in [-0.2, -0.15) is 0 Å². The first-order valence-corrected chi connectivity index (χ1v) is 17.2. The standard InChI is InChI=1S/C38H40N2O8S/c41-23-25-15-17-27(18-16-25)33-21-31(24-49-34-12-2-1-11-32(34)37(44)45)47-38(48-33)30-10-6-9-29(20-30)28-8-5-7-26(19-28)22-39-35(42)13-3-4-14-36(43)40-46/h1-2,5-12,15-20,31,33,38,41,46H,3-4,13-14,21-24H2,(H,39,42)(H,40,43)(H,44,45). The molecule has 0 aliphatic carbocycles. The predicted molar refractivity (Wildman–Crippen MR) is 185 cm³/mol. The largest absolute Gasteiger partial charge is 0.478 e. The van der Waals surface area contributed by atoms with Gasteiger partial charge in [-0.15, -0.1) is 11.8 Å². The van der Waals surface area contributed by atoms with E-state index in [-0.39, 0.29) is 36.7 Å². The highest BCUT2D eigenvalue weighted by molar-refractivity contribution is 7.99. The summed E-state index contributed by atoms with van der Waals surface area (Å²) in [6.07, 6.45) is 0.882. The van der Waals surface area contributed by atoms with Crippen molar-refractivity contribution in [3.63, 3.8) is 0 Å². The zero-order chi connectivity index (χ0) is 34.6. The Morgan fingerprint density at radius 3 is 2.22 bits per heavy atom. The molecule has 0 spiro atoms. The third-order valence-electron chi connectivity index (χ3n) is 8.25. The van der Waals surface area contributed by atoms with E-state index < -0.39 is 18.2 Å². The number of hydroxylamine groups is 1. The van der Waals surface area contributed by atoms with Gasteiger partial charge < -0.3 is 25.0 Å². The highest BCUT2D eigenvalue weighted by Crippen LogP contribution is 2.40. The monoisotopic (exact) mass is 684 g/mol. The van der Waals surface area contributed by atoms with Crippen LogP contribution in [0.15, 0.2) is 102 Å². The van der Waals surface area contributed by atoms with Crippen molar-refractivity contribution >= 4 is 29.5 Å². The maximum atomic E-state index is 12.3. The van der Waals surface area contributed by atoms with E-state index >= 15 is 0 Å². The summed E-state index contributed by atoms with van der Waals surface area (Å²) in [5.74, 6) is -1.01. The van der Waals surface area contributed by atoms with Crippen LogP contribution in [-0.4, -0.2) is 45.1 Å². The van der Waals surface area contributed by atoms with Gasteiger partial charge in [0.1, 0.15) is 0 Å². The number of carbonyl (C=O) groups excluding carboxylic acids is 2. The van der Waals surface area contributed by atoms with E-state index in [1.54, 1.807) is 23.7 Å². The lowest BCUT2D eigenvalue weighted by atomic mass is 9.99. The third-order valence-corrected chi connectivity index (χ3v) is 9.45. The first-order valence-electron chi connectivity index (χ1n) is 16.2. The van der Waals surface area contributed by atoms with Crippen molar-refractivity contribution in [1.29, 1.82) is 0 Å². The van der Waals surface area contributed by atoms with Gasteiger partial charge in [0, 0.05) is 42.0 Å². The number of thioether (sulfide) groups is 1. The molecule has 4 aromatic carbocycles. The van der Waals surface area contributed by atoms with Crippen molar-refractivity contribution in [2.45, 2.75) is 68.6 Å². The molecule has 2 amide bonds. The summed E-state index contributed by atoms with van der Waals surface area (Å²) in [5.41, 5.74) is 7.32. The molecule has 3 unspecified atom stereocenters. The molecular weight excluding hydrogens is 644 g/mol. The first kappa shape index (κ1) is 35.8. The van der Waals surface area contributed by atoms with Crippen molar-refractivity contribution in [2.24, 2.45) is 0 Å². The molecule has 11 heteroatoms. The fraction of sp³-hybridized carbons (Fsp3) is 0.289. The summed E-state index contributed by atoms with van der Waals surface area (Å²) >= 11 is 1.45. The van der Waals surface area contributed by atoms with Crippen LogP contribution in [0.25, 0.3) is 11.1 Å². The van der Waals surface area contributed by atoms with Crippen LogP contribution in [0.5, 0.6) is 0 Å². The summed E-state index contributed by atoms with van der Waals surface area (Å²) in [7, 11) is 0. The van der Waals surface area contributed by atoms with Crippen molar-refractivity contribution in [2.75, 3.05) is 5.75 Å². The Morgan fingerprint density at radius 1 is 0.776 bits per heavy atom. The number of aliphatic hydroxyl groups excluding tert-OH is 1. The van der Waals surface area contributed by atoms with Crippen LogP contribution in [-0.2, 0) is 32.2 Å². The smallest absolute Gasteiger partial charge is 0.336 e. The molecule has 4 aromatic rings. The van der Waals surface area contributed by atoms with Crippen molar-refractivity contribution in [1.82, 2.24) is 10.8 Å². The number of nitrogens with one attached hydrogen (secondary N) is 2. The number of ether oxygens (including phenoxy) is 2. The van der Waals surface area contributed by atoms with Gasteiger partial charge in [0.2, 0.25) is 11.8 Å². The predicted octanol–water partition coefficient (Wildman–Crippen LogP) is 6.56. The lowest BCUT2D eigenvalue weighted by Gasteiger charge is -2.36. The highest BCUT2D eigenvalue weighted by Gasteiger charge is 2.32. The molecule has 256 valence electrons. The Balaban J connectivity index is 1.29. The summed E-state index contributed by atoms with van der Waals surface area (Å²) in [5, 5.41) is 30.7. The zero-order valence-corrected chi connectivity index (χ0v) is 27.7. The van der Waals surface area contributed by atoms with E-state index in [0.717, 1.165) is 33.4 Å². The molecule has 1 saturated heterocycles. The number of carboxylic acids is 1. The molecule has 1 heterocycles. The number of aromatic carboxylic acids is 1. The topological polar surface area (TPSA) is 154 Å². The van der Waals surface area contributed by atoms with E-state index in [9.17, 15) is 24.6 Å². The number of unbranched alkanes of at least 4 members (excludes halogenated alkanes) is 1. The summed E-state index contributed by atoms with van der Waals surface area (Å²) in [4.78, 5) is 35.9. The van der Waals surface area contributed by atoms with E-state index in [2.05, 4.69) is 5.32 Å². The maximum Gasteiger partial charge on any atom is 0.336 e. The number of carbonyl (C=O) groups is 3. The lowest BCUT2D eigenvalue weighted by Crippen LogP contribution is -2.31. The van der Waals surface area contributed by atoms with Gasteiger partial charge in [-0.25, -0.2) is 10.3 Å². The number of aliphatic hydroxyl groups is 1. The van der Waals surface area contributed by atoms with Gasteiger partial charge in [0.25, 0.3) is 0 Å². The van der Waals surface area contributed by atoms with Gasteiger partial charge >= 0.3 is 5.97 Å². The Bertz CT molecular complexity index is 1730. The third kappa shape index (κ3) is 10.2. The van der Waals surface area contributed by atoms with Crippen LogP contribution >= 0.6 is 11.8 Å². The van der Waals surface area contributed by atoms with Gasteiger partial charge in [0.05, 0.1) is 24.4 Å². The number of amides is 2. The molecule has 1 fully saturated rings. The quantitative estimate of drug-likeness (QED) is 0.0405. The minimum absolute atomic E-state index is 0.0481. The number of hydrogen-bond donors (Lipinski definition) is 5. The van der Waals surface area contributed by atoms with Gasteiger partial charge in [-0.1, -0.05) is 72.8 Å². The number of carboxylic acid groups (broad SMARTS) is 1. The zero-order valence-electron chi connectivity index (χ0n) is 26.9. The Hall–Kier alpha value is -4.52. The number of benzene rings is 4. The van der Waals surface area contributed by atoms with Crippen LogP contribution in [0.1, 0.15) is 77.1 Å². The molecule has 3 atom stereocenters. The van der Waals surface area contributed by atoms with Crippen molar-refractivity contribution < 1.29 is 39.3 Å². The van der Waals surface area contributed by atoms with E-state index in [0.29, 0.717) is 42.9 Å². The lowest BCUT2D eigenvalue weighted by molar-refractivity contribution is -0.245. The summed E-state index contributed by atoms with van der Waals surface area (Å²) in [6.45, 7) is 0.312. The Morgan fingerprint density at radius 2 is 1.49 bits per heavy atom. The number of rotatable bonds is 15. The minimum atomic E-state index is -0.971. The van der Waals surface area contributed by atoms with Crippen molar-refractivity contribution in [3.8, 4) is 11.1 Å². The van der Waals surface area contributed by atoms with E-state index in [1.165, 1.54) is 11.8 Å². The summed E-state index contributed by atoms with van der Waals surface area (Å²) in [6, 6.07) is 30.5. The van der Waals surface area contributed by atoms with Crippen LogP contribution in [0.2, 0.25) is 0 Å². The minimum Gasteiger partial charge on any atom is -0.478 e. The van der Waals surface area contributed by atoms with E-state index in [4.69, 9.17) is 14.7 Å². The Labute approximate surface area is 289 Å². The van der Waals surface area contributed by atoms with Gasteiger partial charge in [0.15, 0.2) is 6.29 Å². The van der Waals surface area contributed by atoms with Crippen LogP contribution < -0.4 is 10.8 Å². The highest BCUT2D eigenvalue weighted by atomic mass is 32.2. The molecule has 0 saturated carbocycles. The fourth-order valence-electron chi connectivity index (χ4n) is 5.62. The molecule has 1 aliphatic rings. The normalized spacial score (nSPS) is 17.3. The van der Waals surface area contributed by atoms with Gasteiger partial charge in [-0.3, -0.25) is 14.8 Å². The SMILES string of the molecule is O=C(CCCCC(=O)NCc1cccc(-c2cccc(C3OC(CSc4ccccc4C(=O)O)CC(c4ccc(CO)cc4)O3)c2)c1)NO. The van der Waals surface area contributed by atoms with E-state index in [1.807, 2.05) is 78.9 Å². The molecule has 10 nitrogen and oxygen atoms in total. The molecular formula is C38H40N2O8S. The molecule has 0 aromatic heterocycles. The molecule has 49 heavy (non-hydrogen) atoms. The molecule has 5 N–H and O–H groups in total. The maximum absolute atomic E-state index is 12.3. The molecule has 5 rings (SSSR count). The molecule has 0 bridgehead atoms. The molecule has 0 radical (unpaired) electrons. The number of hydrogen-bond acceptors (Lipinski definition) is 8. The molecule has 1 aliphatic heterocycles. The average Bonchev–Trinajstić information content (AvgIpc) is 3.15. The van der Waals surface area contributed by atoms with Crippen LogP contribution in [0.4, 0.5) is 0 Å². The average molecular weight is 685 g/mol. The van der Waals surface area contributed by atoms with Crippen LogP contribution in [0, 0.1) is 0 Å².